The van der Waals surface area contributed by atoms with Gasteiger partial charge in [0, 0.05) is 21.9 Å². The second kappa shape index (κ2) is 8.13. The first kappa shape index (κ1) is 18.8. The van der Waals surface area contributed by atoms with E-state index < -0.39 is 17.7 Å². The van der Waals surface area contributed by atoms with Crippen LogP contribution in [0.2, 0.25) is 0 Å². The van der Waals surface area contributed by atoms with Crippen LogP contribution >= 0.6 is 15.9 Å². The number of benzene rings is 2. The number of ether oxygens (including phenoxy) is 1. The summed E-state index contributed by atoms with van der Waals surface area (Å²) >= 11 is 3.16. The number of hydrogen-bond donors (Lipinski definition) is 1. The van der Waals surface area contributed by atoms with Crippen molar-refractivity contribution in [3.63, 3.8) is 0 Å². The minimum atomic E-state index is -0.508. The van der Waals surface area contributed by atoms with E-state index in [4.69, 9.17) is 4.74 Å². The zero-order valence-electron chi connectivity index (χ0n) is 14.3. The van der Waals surface area contributed by atoms with Crippen LogP contribution in [0.5, 0.6) is 0 Å². The van der Waals surface area contributed by atoms with E-state index >= 15 is 0 Å². The number of nitrogens with one attached hydrogen (secondary N) is 1. The normalized spacial score (nSPS) is 10.5. The standard InChI is InChI=1S/C19H15BrFN3O3/c1-2-27-19(26)17-6-7-24(23-17)16-5-3-4-15(11-16)22-18(25)12-8-13(20)10-14(21)9-12/h3-11H,2H2,1H3,(H,22,25). The number of esters is 1. The Hall–Kier alpha value is -3.00. The van der Waals surface area contributed by atoms with Gasteiger partial charge in [-0.25, -0.2) is 13.9 Å². The summed E-state index contributed by atoms with van der Waals surface area (Å²) in [6, 6.07) is 12.4. The molecule has 0 atom stereocenters. The largest absolute Gasteiger partial charge is 0.461 e. The molecule has 8 heteroatoms. The molecule has 0 aliphatic carbocycles. The summed E-state index contributed by atoms with van der Waals surface area (Å²) in [5.74, 6) is -1.45. The Morgan fingerprint density at radius 2 is 2.04 bits per heavy atom. The third-order valence-corrected chi connectivity index (χ3v) is 4.02. The van der Waals surface area contributed by atoms with Gasteiger partial charge in [-0.3, -0.25) is 4.79 Å². The Balaban J connectivity index is 1.79. The van der Waals surface area contributed by atoms with E-state index in [9.17, 15) is 14.0 Å². The molecule has 2 aromatic carbocycles. The predicted molar refractivity (Wildman–Crippen MR) is 102 cm³/mol. The maximum absolute atomic E-state index is 13.5. The summed E-state index contributed by atoms with van der Waals surface area (Å²) < 4.78 is 20.4. The molecule has 0 aliphatic rings. The van der Waals surface area contributed by atoms with E-state index in [1.165, 1.54) is 16.8 Å². The monoisotopic (exact) mass is 431 g/mol. The van der Waals surface area contributed by atoms with Crippen LogP contribution in [0, 0.1) is 5.82 Å². The first-order valence-corrected chi connectivity index (χ1v) is 8.86. The Morgan fingerprint density at radius 1 is 1.22 bits per heavy atom. The molecule has 0 unspecified atom stereocenters. The Bertz CT molecular complexity index is 983. The molecule has 138 valence electrons. The number of hydrogen-bond acceptors (Lipinski definition) is 4. The van der Waals surface area contributed by atoms with Gasteiger partial charge in [0.1, 0.15) is 5.82 Å². The van der Waals surface area contributed by atoms with Crippen LogP contribution in [-0.2, 0) is 4.74 Å². The SMILES string of the molecule is CCOC(=O)c1ccn(-c2cccc(NC(=O)c3cc(F)cc(Br)c3)c2)n1. The van der Waals surface area contributed by atoms with Crippen LogP contribution in [0.3, 0.4) is 0 Å². The molecule has 6 nitrogen and oxygen atoms in total. The van der Waals surface area contributed by atoms with Gasteiger partial charge in [0.25, 0.3) is 5.91 Å². The fourth-order valence-corrected chi connectivity index (χ4v) is 2.86. The summed E-state index contributed by atoms with van der Waals surface area (Å²) in [6.45, 7) is 1.99. The summed E-state index contributed by atoms with van der Waals surface area (Å²) in [6.07, 6.45) is 1.62. The number of anilines is 1. The lowest BCUT2D eigenvalue weighted by Gasteiger charge is -2.08. The lowest BCUT2D eigenvalue weighted by molar-refractivity contribution is 0.0519. The molecule has 0 spiro atoms. The van der Waals surface area contributed by atoms with Crippen molar-refractivity contribution < 1.29 is 18.7 Å². The summed E-state index contributed by atoms with van der Waals surface area (Å²) in [4.78, 5) is 24.1. The smallest absolute Gasteiger partial charge is 0.358 e. The maximum atomic E-state index is 13.5. The van der Waals surface area contributed by atoms with Gasteiger partial charge in [0.15, 0.2) is 5.69 Å². The average Bonchev–Trinajstić information content (AvgIpc) is 3.11. The number of nitrogens with zero attached hydrogens (tertiary/aromatic N) is 2. The lowest BCUT2D eigenvalue weighted by Crippen LogP contribution is -2.12. The minimum absolute atomic E-state index is 0.191. The van der Waals surface area contributed by atoms with Crippen molar-refractivity contribution in [3.8, 4) is 5.69 Å². The van der Waals surface area contributed by atoms with Gasteiger partial charge >= 0.3 is 5.97 Å². The number of aromatic nitrogens is 2. The van der Waals surface area contributed by atoms with Gasteiger partial charge in [-0.2, -0.15) is 5.10 Å². The molecule has 3 aromatic rings. The Kier molecular flexibility index (Phi) is 5.66. The maximum Gasteiger partial charge on any atom is 0.358 e. The minimum Gasteiger partial charge on any atom is -0.461 e. The average molecular weight is 432 g/mol. The van der Waals surface area contributed by atoms with Crippen molar-refractivity contribution in [1.29, 1.82) is 0 Å². The zero-order valence-corrected chi connectivity index (χ0v) is 15.9. The van der Waals surface area contributed by atoms with Crippen LogP contribution in [-0.4, -0.2) is 28.3 Å². The number of carbonyl (C=O) groups is 2. The molecule has 1 aromatic heterocycles. The number of halogens is 2. The molecule has 1 N–H and O–H groups in total. The molecular weight excluding hydrogens is 417 g/mol. The molecule has 0 aliphatic heterocycles. The molecule has 0 radical (unpaired) electrons. The predicted octanol–water partition coefficient (Wildman–Crippen LogP) is 4.20. The molecule has 0 fully saturated rings. The first-order valence-electron chi connectivity index (χ1n) is 8.07. The highest BCUT2D eigenvalue weighted by Gasteiger charge is 2.12. The third kappa shape index (κ3) is 4.59. The van der Waals surface area contributed by atoms with Crippen molar-refractivity contribution in [2.45, 2.75) is 6.92 Å². The molecule has 3 rings (SSSR count). The second-order valence-electron chi connectivity index (χ2n) is 5.53. The Labute approximate surface area is 163 Å². The number of rotatable bonds is 5. The summed E-state index contributed by atoms with van der Waals surface area (Å²) in [7, 11) is 0. The van der Waals surface area contributed by atoms with Gasteiger partial charge in [-0.1, -0.05) is 22.0 Å². The molecule has 1 amide bonds. The number of amides is 1. The third-order valence-electron chi connectivity index (χ3n) is 3.57. The van der Waals surface area contributed by atoms with Crippen molar-refractivity contribution in [2.24, 2.45) is 0 Å². The second-order valence-corrected chi connectivity index (χ2v) is 6.44. The fourth-order valence-electron chi connectivity index (χ4n) is 2.40. The topological polar surface area (TPSA) is 73.2 Å². The van der Waals surface area contributed by atoms with Crippen molar-refractivity contribution >= 4 is 33.5 Å². The highest BCUT2D eigenvalue weighted by molar-refractivity contribution is 9.10. The van der Waals surface area contributed by atoms with Crippen molar-refractivity contribution in [3.05, 3.63) is 76.3 Å². The van der Waals surface area contributed by atoms with Crippen LogP contribution in [0.1, 0.15) is 27.8 Å². The van der Waals surface area contributed by atoms with E-state index in [0.717, 1.165) is 6.07 Å². The highest BCUT2D eigenvalue weighted by atomic mass is 79.9. The van der Waals surface area contributed by atoms with Crippen LogP contribution in [0.4, 0.5) is 10.1 Å². The van der Waals surface area contributed by atoms with Gasteiger partial charge in [-0.05, 0) is 49.4 Å². The van der Waals surface area contributed by atoms with Crippen molar-refractivity contribution in [2.75, 3.05) is 11.9 Å². The van der Waals surface area contributed by atoms with E-state index in [-0.39, 0.29) is 17.9 Å². The van der Waals surface area contributed by atoms with Gasteiger partial charge in [0.2, 0.25) is 0 Å². The van der Waals surface area contributed by atoms with E-state index in [0.29, 0.717) is 15.8 Å². The van der Waals surface area contributed by atoms with Crippen molar-refractivity contribution in [1.82, 2.24) is 9.78 Å². The highest BCUT2D eigenvalue weighted by Crippen LogP contribution is 2.18. The molecule has 1 heterocycles. The van der Waals surface area contributed by atoms with Crippen LogP contribution in [0.25, 0.3) is 5.69 Å². The quantitative estimate of drug-likeness (QED) is 0.614. The molecule has 27 heavy (non-hydrogen) atoms. The summed E-state index contributed by atoms with van der Waals surface area (Å²) in [5.41, 5.74) is 1.53. The van der Waals surface area contributed by atoms with Crippen LogP contribution < -0.4 is 5.32 Å². The fraction of sp³-hybridized carbons (Fsp3) is 0.105. The molecule has 0 saturated carbocycles. The molecule has 0 saturated heterocycles. The molecular formula is C19H15BrFN3O3. The van der Waals surface area contributed by atoms with Gasteiger partial charge < -0.3 is 10.1 Å². The van der Waals surface area contributed by atoms with Gasteiger partial charge in [0.05, 0.1) is 12.3 Å². The lowest BCUT2D eigenvalue weighted by atomic mass is 10.2. The van der Waals surface area contributed by atoms with E-state index in [2.05, 4.69) is 26.3 Å². The molecule has 0 bridgehead atoms. The summed E-state index contributed by atoms with van der Waals surface area (Å²) in [5, 5.41) is 6.89. The zero-order chi connectivity index (χ0) is 19.4. The van der Waals surface area contributed by atoms with Crippen LogP contribution in [0.15, 0.2) is 59.2 Å². The van der Waals surface area contributed by atoms with E-state index in [1.54, 1.807) is 43.5 Å². The van der Waals surface area contributed by atoms with Gasteiger partial charge in [-0.15, -0.1) is 0 Å². The first-order chi connectivity index (χ1) is 13.0. The number of carbonyl (C=O) groups excluding carboxylic acids is 2. The van der Waals surface area contributed by atoms with E-state index in [1.807, 2.05) is 0 Å². The Morgan fingerprint density at radius 3 is 2.78 bits per heavy atom.